The van der Waals surface area contributed by atoms with Crippen molar-refractivity contribution in [3.05, 3.63) is 48.5 Å². The van der Waals surface area contributed by atoms with Crippen molar-refractivity contribution in [2.24, 2.45) is 0 Å². The SMILES string of the molecule is COc1ccc(OCCC(=O)N2CCN(C(=O)CCOc3ccc(O)cc3)CC2)cc1. The summed E-state index contributed by atoms with van der Waals surface area (Å²) in [7, 11) is 1.60. The van der Waals surface area contributed by atoms with E-state index < -0.39 is 0 Å². The number of hydrogen-bond donors (Lipinski definition) is 1. The van der Waals surface area contributed by atoms with Gasteiger partial charge in [-0.1, -0.05) is 0 Å². The first kappa shape index (κ1) is 22.3. The molecule has 0 aromatic heterocycles. The zero-order chi connectivity index (χ0) is 22.1. The highest BCUT2D eigenvalue weighted by Crippen LogP contribution is 2.18. The Labute approximate surface area is 181 Å². The number of phenols is 1. The average Bonchev–Trinajstić information content (AvgIpc) is 2.81. The van der Waals surface area contributed by atoms with Crippen molar-refractivity contribution in [3.8, 4) is 23.0 Å². The molecule has 0 unspecified atom stereocenters. The second-order valence-corrected chi connectivity index (χ2v) is 7.13. The lowest BCUT2D eigenvalue weighted by Crippen LogP contribution is -2.51. The lowest BCUT2D eigenvalue weighted by atomic mass is 10.2. The third-order valence-electron chi connectivity index (χ3n) is 5.05. The molecule has 1 saturated heterocycles. The summed E-state index contributed by atoms with van der Waals surface area (Å²) in [6.07, 6.45) is 0.560. The summed E-state index contributed by atoms with van der Waals surface area (Å²) in [4.78, 5) is 28.3. The number of ether oxygens (including phenoxy) is 3. The van der Waals surface area contributed by atoms with Crippen LogP contribution < -0.4 is 14.2 Å². The smallest absolute Gasteiger partial charge is 0.226 e. The normalized spacial score (nSPS) is 13.6. The van der Waals surface area contributed by atoms with Gasteiger partial charge in [0.1, 0.15) is 23.0 Å². The van der Waals surface area contributed by atoms with Gasteiger partial charge in [0.05, 0.1) is 33.2 Å². The van der Waals surface area contributed by atoms with Gasteiger partial charge in [-0.2, -0.15) is 0 Å². The van der Waals surface area contributed by atoms with Gasteiger partial charge in [-0.3, -0.25) is 9.59 Å². The highest BCUT2D eigenvalue weighted by atomic mass is 16.5. The number of methoxy groups -OCH3 is 1. The van der Waals surface area contributed by atoms with E-state index in [1.54, 1.807) is 41.2 Å². The number of phenolic OH excluding ortho intramolecular Hbond substituents is 1. The van der Waals surface area contributed by atoms with Crippen molar-refractivity contribution in [2.75, 3.05) is 46.5 Å². The number of nitrogens with zero attached hydrogens (tertiary/aromatic N) is 2. The first-order chi connectivity index (χ1) is 15.0. The Morgan fingerprint density at radius 3 is 1.55 bits per heavy atom. The lowest BCUT2D eigenvalue weighted by molar-refractivity contribution is -0.140. The molecule has 0 spiro atoms. The van der Waals surface area contributed by atoms with Crippen LogP contribution in [0.1, 0.15) is 12.8 Å². The van der Waals surface area contributed by atoms with Crippen molar-refractivity contribution < 1.29 is 28.9 Å². The van der Waals surface area contributed by atoms with Crippen molar-refractivity contribution in [1.29, 1.82) is 0 Å². The van der Waals surface area contributed by atoms with Crippen LogP contribution in [0.4, 0.5) is 0 Å². The standard InChI is InChI=1S/C23H28N2O6/c1-29-19-6-8-21(9-7-19)31-17-11-23(28)25-14-12-24(13-15-25)22(27)10-16-30-20-4-2-18(26)3-5-20/h2-9,26H,10-17H2,1H3. The molecule has 3 rings (SSSR count). The number of amides is 2. The molecule has 2 aromatic carbocycles. The van der Waals surface area contributed by atoms with E-state index in [0.717, 1.165) is 5.75 Å². The lowest BCUT2D eigenvalue weighted by Gasteiger charge is -2.34. The van der Waals surface area contributed by atoms with Gasteiger partial charge in [-0.15, -0.1) is 0 Å². The highest BCUT2D eigenvalue weighted by molar-refractivity contribution is 5.78. The maximum Gasteiger partial charge on any atom is 0.226 e. The zero-order valence-corrected chi connectivity index (χ0v) is 17.7. The van der Waals surface area contributed by atoms with E-state index in [9.17, 15) is 14.7 Å². The van der Waals surface area contributed by atoms with Crippen LogP contribution in [0.3, 0.4) is 0 Å². The molecule has 0 saturated carbocycles. The number of carbonyl (C=O) groups is 2. The quantitative estimate of drug-likeness (QED) is 0.659. The first-order valence-electron chi connectivity index (χ1n) is 10.3. The molecule has 1 fully saturated rings. The molecule has 8 nitrogen and oxygen atoms in total. The Morgan fingerprint density at radius 1 is 0.742 bits per heavy atom. The average molecular weight is 428 g/mol. The van der Waals surface area contributed by atoms with Crippen LogP contribution in [0.25, 0.3) is 0 Å². The Hall–Kier alpha value is -3.42. The Morgan fingerprint density at radius 2 is 1.13 bits per heavy atom. The predicted octanol–water partition coefficient (Wildman–Crippen LogP) is 2.31. The van der Waals surface area contributed by atoms with E-state index in [4.69, 9.17) is 14.2 Å². The minimum Gasteiger partial charge on any atom is -0.508 e. The van der Waals surface area contributed by atoms with Crippen LogP contribution in [-0.2, 0) is 9.59 Å². The molecule has 31 heavy (non-hydrogen) atoms. The summed E-state index contributed by atoms with van der Waals surface area (Å²) >= 11 is 0. The van der Waals surface area contributed by atoms with E-state index in [2.05, 4.69) is 0 Å². The molecule has 166 valence electrons. The van der Waals surface area contributed by atoms with E-state index in [1.165, 1.54) is 12.1 Å². The maximum absolute atomic E-state index is 12.4. The van der Waals surface area contributed by atoms with Gasteiger partial charge in [0, 0.05) is 26.2 Å². The number of hydrogen-bond acceptors (Lipinski definition) is 6. The topological polar surface area (TPSA) is 88.5 Å². The fourth-order valence-corrected chi connectivity index (χ4v) is 3.25. The molecule has 2 amide bonds. The number of rotatable bonds is 9. The molecule has 2 aromatic rings. The summed E-state index contributed by atoms with van der Waals surface area (Å²) in [6, 6.07) is 13.6. The minimum atomic E-state index is 0.00807. The molecule has 1 aliphatic rings. The summed E-state index contributed by atoms with van der Waals surface area (Å²) in [5.74, 6) is 2.26. The summed E-state index contributed by atoms with van der Waals surface area (Å²) in [6.45, 7) is 2.65. The Bertz CT molecular complexity index is 845. The summed E-state index contributed by atoms with van der Waals surface area (Å²) in [5.41, 5.74) is 0. The highest BCUT2D eigenvalue weighted by Gasteiger charge is 2.23. The maximum atomic E-state index is 12.4. The molecule has 0 atom stereocenters. The summed E-state index contributed by atoms with van der Waals surface area (Å²) < 4.78 is 16.3. The number of carbonyl (C=O) groups excluding carboxylic acids is 2. The van der Waals surface area contributed by atoms with Crippen LogP contribution in [0.15, 0.2) is 48.5 Å². The number of benzene rings is 2. The zero-order valence-electron chi connectivity index (χ0n) is 17.7. The van der Waals surface area contributed by atoms with E-state index >= 15 is 0 Å². The van der Waals surface area contributed by atoms with Crippen LogP contribution in [0, 0.1) is 0 Å². The van der Waals surface area contributed by atoms with Crippen LogP contribution in [0.2, 0.25) is 0 Å². The fraction of sp³-hybridized carbons (Fsp3) is 0.391. The number of piperazine rings is 1. The van der Waals surface area contributed by atoms with Gasteiger partial charge in [0.15, 0.2) is 0 Å². The molecule has 0 aliphatic carbocycles. The molecular weight excluding hydrogens is 400 g/mol. The van der Waals surface area contributed by atoms with Crippen molar-refractivity contribution in [1.82, 2.24) is 9.80 Å². The van der Waals surface area contributed by atoms with E-state index in [-0.39, 0.29) is 30.6 Å². The van der Waals surface area contributed by atoms with Crippen molar-refractivity contribution >= 4 is 11.8 Å². The van der Waals surface area contributed by atoms with Crippen LogP contribution >= 0.6 is 0 Å². The fourth-order valence-electron chi connectivity index (χ4n) is 3.25. The molecular formula is C23H28N2O6. The first-order valence-corrected chi connectivity index (χ1v) is 10.3. The molecule has 1 aliphatic heterocycles. The third-order valence-corrected chi connectivity index (χ3v) is 5.05. The molecule has 8 heteroatoms. The number of aromatic hydroxyl groups is 1. The van der Waals surface area contributed by atoms with Crippen molar-refractivity contribution in [3.63, 3.8) is 0 Å². The van der Waals surface area contributed by atoms with Gasteiger partial charge in [-0.05, 0) is 48.5 Å². The summed E-state index contributed by atoms with van der Waals surface area (Å²) in [5, 5.41) is 9.26. The predicted molar refractivity (Wildman–Crippen MR) is 114 cm³/mol. The molecule has 1 N–H and O–H groups in total. The van der Waals surface area contributed by atoms with Crippen LogP contribution in [0.5, 0.6) is 23.0 Å². The molecule has 1 heterocycles. The molecule has 0 radical (unpaired) electrons. The van der Waals surface area contributed by atoms with E-state index in [0.29, 0.717) is 50.7 Å². The second kappa shape index (κ2) is 11.1. The Kier molecular flexibility index (Phi) is 7.98. The molecule has 0 bridgehead atoms. The van der Waals surface area contributed by atoms with Gasteiger partial charge < -0.3 is 29.1 Å². The van der Waals surface area contributed by atoms with Crippen LogP contribution in [-0.4, -0.2) is 73.2 Å². The van der Waals surface area contributed by atoms with Gasteiger partial charge in [0.2, 0.25) is 11.8 Å². The van der Waals surface area contributed by atoms with Gasteiger partial charge in [-0.25, -0.2) is 0 Å². The van der Waals surface area contributed by atoms with E-state index in [1.807, 2.05) is 12.1 Å². The Balaban J connectivity index is 1.31. The van der Waals surface area contributed by atoms with Gasteiger partial charge >= 0.3 is 0 Å². The monoisotopic (exact) mass is 428 g/mol. The van der Waals surface area contributed by atoms with Crippen molar-refractivity contribution in [2.45, 2.75) is 12.8 Å². The minimum absolute atomic E-state index is 0.00807. The van der Waals surface area contributed by atoms with Gasteiger partial charge in [0.25, 0.3) is 0 Å². The second-order valence-electron chi connectivity index (χ2n) is 7.13. The third kappa shape index (κ3) is 6.80. The largest absolute Gasteiger partial charge is 0.508 e.